The number of aryl methyl sites for hydroxylation is 1. The zero-order chi connectivity index (χ0) is 26.3. The third-order valence-corrected chi connectivity index (χ3v) is 8.34. The number of halogens is 1. The van der Waals surface area contributed by atoms with Crippen molar-refractivity contribution in [1.82, 2.24) is 13.7 Å². The maximum atomic E-state index is 13.8. The lowest BCUT2D eigenvalue weighted by Crippen LogP contribution is -2.30. The van der Waals surface area contributed by atoms with Crippen LogP contribution in [0.3, 0.4) is 0 Å². The molecule has 0 fully saturated rings. The van der Waals surface area contributed by atoms with E-state index >= 15 is 0 Å². The number of hydrogen-bond donors (Lipinski definition) is 0. The average Bonchev–Trinajstić information content (AvgIpc) is 3.38. The van der Waals surface area contributed by atoms with E-state index in [1.54, 1.807) is 19.1 Å². The molecular weight excluding hydrogens is 562 g/mol. The van der Waals surface area contributed by atoms with E-state index in [1.807, 2.05) is 31.2 Å². The molecule has 0 N–H and O–H groups in total. The first-order valence-corrected chi connectivity index (χ1v) is 13.8. The van der Waals surface area contributed by atoms with E-state index in [1.165, 1.54) is 29.9 Å². The Hall–Kier alpha value is -3.57. The van der Waals surface area contributed by atoms with Crippen LogP contribution in [0.1, 0.15) is 24.6 Å². The summed E-state index contributed by atoms with van der Waals surface area (Å²) in [5.74, 6) is 1.15. The summed E-state index contributed by atoms with van der Waals surface area (Å²) in [6.45, 7) is 4.53. The number of imidazole rings is 1. The van der Waals surface area contributed by atoms with E-state index < -0.39 is 15.7 Å². The van der Waals surface area contributed by atoms with E-state index in [-0.39, 0.29) is 17.0 Å². The molecule has 0 radical (unpaired) electrons. The summed E-state index contributed by atoms with van der Waals surface area (Å²) in [6.07, 6.45) is 0.866. The van der Waals surface area contributed by atoms with Crippen LogP contribution in [0.5, 0.6) is 11.5 Å². The van der Waals surface area contributed by atoms with Gasteiger partial charge < -0.3 is 14.0 Å². The molecule has 5 aromatic rings. The molecule has 0 amide bonds. The summed E-state index contributed by atoms with van der Waals surface area (Å²) in [6, 6.07) is 15.0. The van der Waals surface area contributed by atoms with Crippen LogP contribution in [-0.2, 0) is 16.6 Å². The van der Waals surface area contributed by atoms with Crippen molar-refractivity contribution >= 4 is 48.0 Å². The molecule has 0 atom stereocenters. The van der Waals surface area contributed by atoms with Gasteiger partial charge in [-0.2, -0.15) is 3.97 Å². The molecule has 11 heteroatoms. The lowest BCUT2D eigenvalue weighted by Gasteiger charge is -2.09. The van der Waals surface area contributed by atoms with Crippen molar-refractivity contribution < 1.29 is 22.4 Å². The average molecular weight is 586 g/mol. The molecular formula is C26H24BrN3O6S. The fourth-order valence-electron chi connectivity index (χ4n) is 4.21. The van der Waals surface area contributed by atoms with E-state index in [0.717, 1.165) is 16.0 Å². The van der Waals surface area contributed by atoms with Crippen molar-refractivity contribution in [3.8, 4) is 11.5 Å². The highest BCUT2D eigenvalue weighted by atomic mass is 79.9. The Morgan fingerprint density at radius 1 is 1.08 bits per heavy atom. The van der Waals surface area contributed by atoms with Crippen LogP contribution in [-0.4, -0.2) is 35.8 Å². The van der Waals surface area contributed by atoms with Gasteiger partial charge in [-0.15, -0.1) is 0 Å². The first kappa shape index (κ1) is 25.1. The third kappa shape index (κ3) is 4.42. The number of aromatic nitrogens is 3. The summed E-state index contributed by atoms with van der Waals surface area (Å²) in [4.78, 5) is 13.7. The van der Waals surface area contributed by atoms with E-state index in [0.29, 0.717) is 44.8 Å². The molecule has 0 bridgehead atoms. The second kappa shape index (κ2) is 9.71. The van der Waals surface area contributed by atoms with Gasteiger partial charge in [0, 0.05) is 11.5 Å². The number of nitrogens with zero attached hydrogens (tertiary/aromatic N) is 3. The molecule has 0 saturated carbocycles. The van der Waals surface area contributed by atoms with E-state index in [2.05, 4.69) is 21.1 Å². The lowest BCUT2D eigenvalue weighted by atomic mass is 10.2. The number of benzene rings is 3. The lowest BCUT2D eigenvalue weighted by molar-refractivity contribution is 0.317. The molecule has 192 valence electrons. The van der Waals surface area contributed by atoms with Gasteiger partial charge in [0.1, 0.15) is 11.5 Å². The highest BCUT2D eigenvalue weighted by molar-refractivity contribution is 9.10. The van der Waals surface area contributed by atoms with Crippen molar-refractivity contribution in [2.45, 2.75) is 31.7 Å². The summed E-state index contributed by atoms with van der Waals surface area (Å²) < 4.78 is 46.7. The van der Waals surface area contributed by atoms with Crippen LogP contribution in [0, 0.1) is 6.92 Å². The van der Waals surface area contributed by atoms with Crippen molar-refractivity contribution in [1.29, 1.82) is 0 Å². The Morgan fingerprint density at radius 2 is 1.89 bits per heavy atom. The van der Waals surface area contributed by atoms with E-state index in [4.69, 9.17) is 14.0 Å². The molecule has 3 aromatic carbocycles. The van der Waals surface area contributed by atoms with Crippen molar-refractivity contribution in [3.05, 3.63) is 80.8 Å². The molecule has 0 aliphatic rings. The van der Waals surface area contributed by atoms with Gasteiger partial charge in [-0.3, -0.25) is 4.57 Å². The number of ether oxygens (including phenoxy) is 2. The van der Waals surface area contributed by atoms with Gasteiger partial charge in [-0.1, -0.05) is 24.2 Å². The quantitative estimate of drug-likeness (QED) is 0.249. The summed E-state index contributed by atoms with van der Waals surface area (Å²) in [5.41, 5.74) is 1.76. The standard InChI is InChI=1S/C26H24BrN3O6S/c1-4-10-35-18-7-5-6-17(11-18)15-29-22-13-20-16(2)28-36-25(20)14-23(22)30(26(29)31)37(32,33)19-8-9-24(34-3)21(27)12-19/h5-9,11-14H,4,10,15H2,1-3H3. The molecule has 5 rings (SSSR count). The molecule has 0 spiro atoms. The monoisotopic (exact) mass is 585 g/mol. The fourth-order valence-corrected chi connectivity index (χ4v) is 6.33. The van der Waals surface area contributed by atoms with Gasteiger partial charge in [0.25, 0.3) is 10.0 Å². The molecule has 2 heterocycles. The molecule has 9 nitrogen and oxygen atoms in total. The van der Waals surface area contributed by atoms with Crippen LogP contribution in [0.25, 0.3) is 22.0 Å². The second-order valence-electron chi connectivity index (χ2n) is 8.54. The Morgan fingerprint density at radius 3 is 2.62 bits per heavy atom. The van der Waals surface area contributed by atoms with Gasteiger partial charge in [-0.25, -0.2) is 13.2 Å². The van der Waals surface area contributed by atoms with Crippen LogP contribution >= 0.6 is 15.9 Å². The maximum Gasteiger partial charge on any atom is 0.343 e. The largest absolute Gasteiger partial charge is 0.496 e. The fraction of sp³-hybridized carbons (Fsp3) is 0.231. The maximum absolute atomic E-state index is 13.8. The molecule has 2 aromatic heterocycles. The summed E-state index contributed by atoms with van der Waals surface area (Å²) in [7, 11) is -2.80. The van der Waals surface area contributed by atoms with Crippen LogP contribution in [0.15, 0.2) is 73.3 Å². The van der Waals surface area contributed by atoms with Gasteiger partial charge in [-0.05, 0) is 71.2 Å². The van der Waals surface area contributed by atoms with Gasteiger partial charge in [0.15, 0.2) is 5.58 Å². The Bertz CT molecular complexity index is 1800. The number of rotatable bonds is 8. The Kier molecular flexibility index (Phi) is 6.59. The second-order valence-corrected chi connectivity index (χ2v) is 11.2. The highest BCUT2D eigenvalue weighted by Crippen LogP contribution is 2.31. The minimum Gasteiger partial charge on any atom is -0.496 e. The van der Waals surface area contributed by atoms with Crippen LogP contribution in [0.2, 0.25) is 0 Å². The van der Waals surface area contributed by atoms with Crippen molar-refractivity contribution in [2.24, 2.45) is 0 Å². The van der Waals surface area contributed by atoms with Crippen molar-refractivity contribution in [2.75, 3.05) is 13.7 Å². The van der Waals surface area contributed by atoms with Crippen LogP contribution < -0.4 is 15.2 Å². The Balaban J connectivity index is 1.73. The SMILES string of the molecule is CCCOc1cccc(Cn2c(=O)n(S(=O)(=O)c3ccc(OC)c(Br)c3)c3cc4onc(C)c4cc32)c1. The third-order valence-electron chi connectivity index (χ3n) is 6.04. The molecule has 37 heavy (non-hydrogen) atoms. The minimum atomic E-state index is -4.29. The minimum absolute atomic E-state index is 0.0647. The van der Waals surface area contributed by atoms with Crippen molar-refractivity contribution in [3.63, 3.8) is 0 Å². The predicted octanol–water partition coefficient (Wildman–Crippen LogP) is 5.10. The van der Waals surface area contributed by atoms with E-state index in [9.17, 15) is 13.2 Å². The molecule has 0 aliphatic carbocycles. The summed E-state index contributed by atoms with van der Waals surface area (Å²) >= 11 is 3.33. The smallest absolute Gasteiger partial charge is 0.343 e. The van der Waals surface area contributed by atoms with Gasteiger partial charge in [0.05, 0.1) is 46.4 Å². The highest BCUT2D eigenvalue weighted by Gasteiger charge is 2.27. The first-order valence-electron chi connectivity index (χ1n) is 11.6. The zero-order valence-corrected chi connectivity index (χ0v) is 22.8. The van der Waals surface area contributed by atoms with Gasteiger partial charge >= 0.3 is 5.69 Å². The number of fused-ring (bicyclic) bond motifs is 2. The first-order chi connectivity index (χ1) is 17.7. The zero-order valence-electron chi connectivity index (χ0n) is 20.4. The topological polar surface area (TPSA) is 106 Å². The molecule has 0 aliphatic heterocycles. The number of methoxy groups -OCH3 is 1. The van der Waals surface area contributed by atoms with Gasteiger partial charge in [0.2, 0.25) is 0 Å². The Labute approximate surface area is 221 Å². The number of hydrogen-bond acceptors (Lipinski definition) is 7. The molecule has 0 saturated heterocycles. The molecule has 0 unspecified atom stereocenters. The predicted molar refractivity (Wildman–Crippen MR) is 143 cm³/mol. The van der Waals surface area contributed by atoms with Crippen LogP contribution in [0.4, 0.5) is 0 Å². The summed E-state index contributed by atoms with van der Waals surface area (Å²) in [5, 5.41) is 4.69. The normalized spacial score (nSPS) is 11.9.